The van der Waals surface area contributed by atoms with E-state index < -0.39 is 5.97 Å². The number of carboxylic acids is 1. The van der Waals surface area contributed by atoms with Crippen molar-refractivity contribution in [2.24, 2.45) is 5.92 Å². The summed E-state index contributed by atoms with van der Waals surface area (Å²) in [7, 11) is 0. The van der Waals surface area contributed by atoms with Gasteiger partial charge in [-0.25, -0.2) is 9.78 Å². The van der Waals surface area contributed by atoms with Crippen molar-refractivity contribution in [2.45, 2.75) is 51.9 Å². The number of aromatic nitrogens is 1. The SMILES string of the molecule is CC(c1nc(C(C)(C)C)c(C(=O)O)o1)C1CC1. The van der Waals surface area contributed by atoms with E-state index in [1.807, 2.05) is 20.8 Å². The third-order valence-corrected chi connectivity index (χ3v) is 3.27. The van der Waals surface area contributed by atoms with Crippen LogP contribution in [0.4, 0.5) is 0 Å². The normalized spacial score (nSPS) is 18.1. The van der Waals surface area contributed by atoms with Crippen LogP contribution in [0.15, 0.2) is 4.42 Å². The quantitative estimate of drug-likeness (QED) is 0.876. The van der Waals surface area contributed by atoms with Crippen LogP contribution in [-0.2, 0) is 5.41 Å². The zero-order valence-electron chi connectivity index (χ0n) is 10.8. The summed E-state index contributed by atoms with van der Waals surface area (Å²) >= 11 is 0. The van der Waals surface area contributed by atoms with Crippen LogP contribution in [0.1, 0.15) is 68.6 Å². The molecule has 2 rings (SSSR count). The van der Waals surface area contributed by atoms with Crippen LogP contribution in [0.25, 0.3) is 0 Å². The Bertz CT molecular complexity index is 438. The van der Waals surface area contributed by atoms with Gasteiger partial charge >= 0.3 is 5.97 Å². The maximum atomic E-state index is 11.2. The molecule has 1 aromatic heterocycles. The van der Waals surface area contributed by atoms with Crippen LogP contribution >= 0.6 is 0 Å². The molecule has 0 aromatic carbocycles. The molecule has 1 fully saturated rings. The number of carboxylic acid groups (broad SMARTS) is 1. The van der Waals surface area contributed by atoms with E-state index in [1.165, 1.54) is 12.8 Å². The largest absolute Gasteiger partial charge is 0.475 e. The van der Waals surface area contributed by atoms with E-state index in [0.29, 0.717) is 17.5 Å². The number of hydrogen-bond acceptors (Lipinski definition) is 3. The zero-order chi connectivity index (χ0) is 12.8. The minimum absolute atomic E-state index is 0.000000000000000222. The third kappa shape index (κ3) is 2.35. The van der Waals surface area contributed by atoms with Gasteiger partial charge < -0.3 is 9.52 Å². The van der Waals surface area contributed by atoms with Crippen LogP contribution in [0.3, 0.4) is 0 Å². The van der Waals surface area contributed by atoms with E-state index in [-0.39, 0.29) is 17.1 Å². The summed E-state index contributed by atoms with van der Waals surface area (Å²) < 4.78 is 5.46. The second-order valence-electron chi connectivity index (χ2n) is 5.91. The Hall–Kier alpha value is -1.32. The van der Waals surface area contributed by atoms with Crippen molar-refractivity contribution in [2.75, 3.05) is 0 Å². The molecule has 0 amide bonds. The molecule has 1 atom stereocenters. The van der Waals surface area contributed by atoms with Crippen molar-refractivity contribution in [3.8, 4) is 0 Å². The van der Waals surface area contributed by atoms with Crippen molar-refractivity contribution in [3.63, 3.8) is 0 Å². The standard InChI is InChI=1S/C13H19NO3/c1-7(8-5-6-8)11-14-10(13(2,3)4)9(17-11)12(15)16/h7-8H,5-6H2,1-4H3,(H,15,16). The molecule has 1 aliphatic rings. The summed E-state index contributed by atoms with van der Waals surface area (Å²) in [4.78, 5) is 15.6. The molecular formula is C13H19NO3. The van der Waals surface area contributed by atoms with Gasteiger partial charge in [0.25, 0.3) is 0 Å². The van der Waals surface area contributed by atoms with Gasteiger partial charge in [0.2, 0.25) is 5.76 Å². The lowest BCUT2D eigenvalue weighted by Gasteiger charge is -2.14. The summed E-state index contributed by atoms with van der Waals surface area (Å²) in [6.45, 7) is 7.90. The van der Waals surface area contributed by atoms with Gasteiger partial charge in [0, 0.05) is 11.3 Å². The Morgan fingerprint density at radius 2 is 2.06 bits per heavy atom. The van der Waals surface area contributed by atoms with Crippen LogP contribution in [0, 0.1) is 5.92 Å². The van der Waals surface area contributed by atoms with Crippen LogP contribution in [0.2, 0.25) is 0 Å². The highest BCUT2D eigenvalue weighted by Crippen LogP contribution is 2.42. The number of oxazole rings is 1. The molecule has 1 unspecified atom stereocenters. The summed E-state index contributed by atoms with van der Waals surface area (Å²) in [5.74, 6) is 0.388. The predicted octanol–water partition coefficient (Wildman–Crippen LogP) is 3.18. The van der Waals surface area contributed by atoms with Gasteiger partial charge in [-0.15, -0.1) is 0 Å². The highest BCUT2D eigenvalue weighted by atomic mass is 16.4. The monoisotopic (exact) mass is 237 g/mol. The van der Waals surface area contributed by atoms with E-state index in [9.17, 15) is 4.79 Å². The summed E-state index contributed by atoms with van der Waals surface area (Å²) in [6, 6.07) is 0. The smallest absolute Gasteiger partial charge is 0.373 e. The molecule has 1 heterocycles. The van der Waals surface area contributed by atoms with Crippen molar-refractivity contribution >= 4 is 5.97 Å². The first kappa shape index (κ1) is 12.1. The Labute approximate surface area is 101 Å². The van der Waals surface area contributed by atoms with Gasteiger partial charge in [0.05, 0.1) is 5.69 Å². The molecule has 0 saturated heterocycles. The molecule has 1 N–H and O–H groups in total. The van der Waals surface area contributed by atoms with Crippen molar-refractivity contribution in [1.82, 2.24) is 4.98 Å². The summed E-state index contributed by atoms with van der Waals surface area (Å²) in [6.07, 6.45) is 2.38. The fourth-order valence-electron chi connectivity index (χ4n) is 1.98. The van der Waals surface area contributed by atoms with Gasteiger partial charge in [-0.05, 0) is 18.8 Å². The molecule has 1 aromatic rings. The molecule has 1 aliphatic carbocycles. The average Bonchev–Trinajstić information content (AvgIpc) is 2.92. The third-order valence-electron chi connectivity index (χ3n) is 3.27. The van der Waals surface area contributed by atoms with E-state index in [1.54, 1.807) is 0 Å². The summed E-state index contributed by atoms with van der Waals surface area (Å²) in [5, 5.41) is 9.14. The van der Waals surface area contributed by atoms with Crippen LogP contribution in [-0.4, -0.2) is 16.1 Å². The molecule has 17 heavy (non-hydrogen) atoms. The molecule has 0 radical (unpaired) electrons. The lowest BCUT2D eigenvalue weighted by atomic mass is 9.91. The van der Waals surface area contributed by atoms with Crippen LogP contribution < -0.4 is 0 Å². The molecule has 4 heteroatoms. The summed E-state index contributed by atoms with van der Waals surface area (Å²) in [5.41, 5.74) is 0.242. The molecular weight excluding hydrogens is 218 g/mol. The molecule has 0 spiro atoms. The zero-order valence-corrected chi connectivity index (χ0v) is 10.8. The maximum absolute atomic E-state index is 11.2. The molecule has 0 bridgehead atoms. The Morgan fingerprint density at radius 1 is 1.47 bits per heavy atom. The fourth-order valence-corrected chi connectivity index (χ4v) is 1.98. The first-order chi connectivity index (χ1) is 7.80. The first-order valence-corrected chi connectivity index (χ1v) is 6.05. The van der Waals surface area contributed by atoms with E-state index in [4.69, 9.17) is 9.52 Å². The van der Waals surface area contributed by atoms with E-state index >= 15 is 0 Å². The number of carbonyl (C=O) groups is 1. The molecule has 94 valence electrons. The topological polar surface area (TPSA) is 63.3 Å². The van der Waals surface area contributed by atoms with Crippen LogP contribution in [0.5, 0.6) is 0 Å². The highest BCUT2D eigenvalue weighted by Gasteiger charge is 2.35. The van der Waals surface area contributed by atoms with E-state index in [2.05, 4.69) is 11.9 Å². The number of nitrogens with zero attached hydrogens (tertiary/aromatic N) is 1. The molecule has 0 aliphatic heterocycles. The average molecular weight is 237 g/mol. The highest BCUT2D eigenvalue weighted by molar-refractivity contribution is 5.86. The Kier molecular flexibility index (Phi) is 2.76. The second kappa shape index (κ2) is 3.86. The fraction of sp³-hybridized carbons (Fsp3) is 0.692. The predicted molar refractivity (Wildman–Crippen MR) is 63.3 cm³/mol. The first-order valence-electron chi connectivity index (χ1n) is 6.05. The molecule has 1 saturated carbocycles. The number of rotatable bonds is 3. The minimum atomic E-state index is -1.03. The lowest BCUT2D eigenvalue weighted by molar-refractivity contribution is 0.0656. The number of hydrogen-bond donors (Lipinski definition) is 1. The van der Waals surface area contributed by atoms with Gasteiger partial charge in [-0.2, -0.15) is 0 Å². The van der Waals surface area contributed by atoms with E-state index in [0.717, 1.165) is 0 Å². The minimum Gasteiger partial charge on any atom is -0.475 e. The van der Waals surface area contributed by atoms with Crippen molar-refractivity contribution in [3.05, 3.63) is 17.3 Å². The van der Waals surface area contributed by atoms with Gasteiger partial charge in [-0.1, -0.05) is 27.7 Å². The van der Waals surface area contributed by atoms with Gasteiger partial charge in [0.15, 0.2) is 5.89 Å². The number of aromatic carboxylic acids is 1. The van der Waals surface area contributed by atoms with Gasteiger partial charge in [0.1, 0.15) is 0 Å². The second-order valence-corrected chi connectivity index (χ2v) is 5.91. The van der Waals surface area contributed by atoms with Crippen molar-refractivity contribution < 1.29 is 14.3 Å². The van der Waals surface area contributed by atoms with Crippen molar-refractivity contribution in [1.29, 1.82) is 0 Å². The molecule has 4 nitrogen and oxygen atoms in total. The Balaban J connectivity index is 2.40. The lowest BCUT2D eigenvalue weighted by Crippen LogP contribution is -2.16. The Morgan fingerprint density at radius 3 is 2.41 bits per heavy atom. The maximum Gasteiger partial charge on any atom is 0.373 e. The van der Waals surface area contributed by atoms with Gasteiger partial charge in [-0.3, -0.25) is 0 Å².